The van der Waals surface area contributed by atoms with Crippen LogP contribution in [0.2, 0.25) is 5.02 Å². The minimum atomic E-state index is -1.51. The van der Waals surface area contributed by atoms with Gasteiger partial charge in [-0.2, -0.15) is 0 Å². The minimum absolute atomic E-state index is 0.0414. The smallest absolute Gasteiger partial charge is 0.341 e. The van der Waals surface area contributed by atoms with E-state index in [4.69, 9.17) is 17.3 Å². The van der Waals surface area contributed by atoms with Gasteiger partial charge < -0.3 is 10.8 Å². The average molecular weight is 366 g/mol. The number of carbonyl (C=O) groups is 1. The second-order valence-corrected chi connectivity index (χ2v) is 5.73. The largest absolute Gasteiger partial charge is 0.477 e. The number of fused-ring (bicyclic) bond motifs is 1. The van der Waals surface area contributed by atoms with Gasteiger partial charge in [-0.25, -0.2) is 18.6 Å². The zero-order valence-corrected chi connectivity index (χ0v) is 13.4. The SMILES string of the molecule is Cc1cc(F)c(N)nc1-n1cc(C(=O)O)c(=O)c2cc(F)cc(Cl)c21. The van der Waals surface area contributed by atoms with Gasteiger partial charge in [-0.05, 0) is 30.7 Å². The summed E-state index contributed by atoms with van der Waals surface area (Å²) in [6.45, 7) is 1.52. The summed E-state index contributed by atoms with van der Waals surface area (Å²) in [6.07, 6.45) is 1.00. The summed E-state index contributed by atoms with van der Waals surface area (Å²) in [5.41, 5.74) is 4.34. The van der Waals surface area contributed by atoms with Crippen molar-refractivity contribution in [2.75, 3.05) is 5.73 Å². The number of aromatic nitrogens is 2. The van der Waals surface area contributed by atoms with Crippen molar-refractivity contribution in [3.05, 3.63) is 62.4 Å². The van der Waals surface area contributed by atoms with Gasteiger partial charge in [-0.3, -0.25) is 9.36 Å². The van der Waals surface area contributed by atoms with Gasteiger partial charge in [0.1, 0.15) is 17.2 Å². The molecule has 0 unspecified atom stereocenters. The second-order valence-electron chi connectivity index (χ2n) is 5.33. The number of nitrogen functional groups attached to an aromatic ring is 1. The number of aromatic carboxylic acids is 1. The van der Waals surface area contributed by atoms with Crippen LogP contribution < -0.4 is 11.2 Å². The van der Waals surface area contributed by atoms with Crippen molar-refractivity contribution < 1.29 is 18.7 Å². The summed E-state index contributed by atoms with van der Waals surface area (Å²) >= 11 is 6.06. The first kappa shape index (κ1) is 16.8. The minimum Gasteiger partial charge on any atom is -0.477 e. The normalized spacial score (nSPS) is 11.0. The molecule has 3 rings (SSSR count). The van der Waals surface area contributed by atoms with Crippen molar-refractivity contribution in [2.24, 2.45) is 0 Å². The predicted molar refractivity (Wildman–Crippen MR) is 88.4 cm³/mol. The lowest BCUT2D eigenvalue weighted by molar-refractivity contribution is 0.0695. The van der Waals surface area contributed by atoms with E-state index >= 15 is 0 Å². The molecule has 3 aromatic rings. The van der Waals surface area contributed by atoms with E-state index in [-0.39, 0.29) is 21.7 Å². The molecular formula is C16H10ClF2N3O3. The fourth-order valence-corrected chi connectivity index (χ4v) is 2.83. The fraction of sp³-hybridized carbons (Fsp3) is 0.0625. The Morgan fingerprint density at radius 2 is 2.00 bits per heavy atom. The number of hydrogen-bond acceptors (Lipinski definition) is 4. The van der Waals surface area contributed by atoms with Gasteiger partial charge in [0, 0.05) is 6.20 Å². The molecular weight excluding hydrogens is 356 g/mol. The molecule has 0 aliphatic carbocycles. The number of hydrogen-bond donors (Lipinski definition) is 2. The van der Waals surface area contributed by atoms with Gasteiger partial charge in [-0.1, -0.05) is 11.6 Å². The molecule has 0 bridgehead atoms. The van der Waals surface area contributed by atoms with Crippen molar-refractivity contribution in [1.82, 2.24) is 9.55 Å². The number of halogens is 3. The molecule has 1 aromatic carbocycles. The van der Waals surface area contributed by atoms with E-state index in [1.54, 1.807) is 0 Å². The third kappa shape index (κ3) is 2.70. The van der Waals surface area contributed by atoms with Crippen molar-refractivity contribution in [3.8, 4) is 5.82 Å². The fourth-order valence-electron chi connectivity index (χ4n) is 2.53. The maximum Gasteiger partial charge on any atom is 0.341 e. The Labute approximate surface area is 144 Å². The van der Waals surface area contributed by atoms with Gasteiger partial charge >= 0.3 is 5.97 Å². The van der Waals surface area contributed by atoms with E-state index < -0.39 is 34.4 Å². The highest BCUT2D eigenvalue weighted by molar-refractivity contribution is 6.35. The van der Waals surface area contributed by atoms with E-state index in [1.807, 2.05) is 0 Å². The number of carboxylic acids is 1. The van der Waals surface area contributed by atoms with Gasteiger partial charge in [-0.15, -0.1) is 0 Å². The highest BCUT2D eigenvalue weighted by atomic mass is 35.5. The number of pyridine rings is 2. The Balaban J connectivity index is 2.55. The van der Waals surface area contributed by atoms with E-state index in [1.165, 1.54) is 11.5 Å². The lowest BCUT2D eigenvalue weighted by Crippen LogP contribution is -2.20. The quantitative estimate of drug-likeness (QED) is 0.727. The maximum absolute atomic E-state index is 13.7. The number of rotatable bonds is 2. The summed E-state index contributed by atoms with van der Waals surface area (Å²) in [5.74, 6) is -3.40. The summed E-state index contributed by atoms with van der Waals surface area (Å²) < 4.78 is 28.4. The van der Waals surface area contributed by atoms with Gasteiger partial charge in [0.15, 0.2) is 11.6 Å². The van der Waals surface area contributed by atoms with E-state index in [0.717, 1.165) is 24.4 Å². The van der Waals surface area contributed by atoms with Crippen LogP contribution in [-0.4, -0.2) is 20.6 Å². The van der Waals surface area contributed by atoms with E-state index in [2.05, 4.69) is 4.98 Å². The summed E-state index contributed by atoms with van der Waals surface area (Å²) in [7, 11) is 0. The lowest BCUT2D eigenvalue weighted by Gasteiger charge is -2.15. The third-order valence-electron chi connectivity index (χ3n) is 3.64. The van der Waals surface area contributed by atoms with Crippen LogP contribution in [0.5, 0.6) is 0 Å². The van der Waals surface area contributed by atoms with Crippen molar-refractivity contribution in [3.63, 3.8) is 0 Å². The van der Waals surface area contributed by atoms with Crippen molar-refractivity contribution >= 4 is 34.3 Å². The Bertz CT molecular complexity index is 1110. The van der Waals surface area contributed by atoms with Crippen molar-refractivity contribution in [2.45, 2.75) is 6.92 Å². The van der Waals surface area contributed by atoms with Crippen LogP contribution in [0.1, 0.15) is 15.9 Å². The van der Waals surface area contributed by atoms with E-state index in [9.17, 15) is 23.5 Å². The molecule has 0 saturated carbocycles. The van der Waals surface area contributed by atoms with E-state index in [0.29, 0.717) is 5.56 Å². The third-order valence-corrected chi connectivity index (χ3v) is 3.93. The zero-order valence-electron chi connectivity index (χ0n) is 12.7. The lowest BCUT2D eigenvalue weighted by atomic mass is 10.1. The number of nitrogens with zero attached hydrogens (tertiary/aromatic N) is 2. The summed E-state index contributed by atoms with van der Waals surface area (Å²) in [5, 5.41) is 8.88. The van der Waals surface area contributed by atoms with Crippen LogP contribution in [0, 0.1) is 18.6 Å². The first-order valence-corrected chi connectivity index (χ1v) is 7.29. The summed E-state index contributed by atoms with van der Waals surface area (Å²) in [4.78, 5) is 27.6. The number of carboxylic acid groups (broad SMARTS) is 1. The zero-order chi connectivity index (χ0) is 18.5. The number of nitrogens with two attached hydrogens (primary N) is 1. The predicted octanol–water partition coefficient (Wildman–Crippen LogP) is 2.91. The molecule has 25 heavy (non-hydrogen) atoms. The number of benzene rings is 1. The molecule has 128 valence electrons. The average Bonchev–Trinajstić information content (AvgIpc) is 2.51. The molecule has 9 heteroatoms. The van der Waals surface area contributed by atoms with Gasteiger partial charge in [0.05, 0.1) is 15.9 Å². The van der Waals surface area contributed by atoms with Crippen LogP contribution in [0.25, 0.3) is 16.7 Å². The molecule has 0 radical (unpaired) electrons. The standard InChI is InChI=1S/C16H10ClF2N3O3/c1-6-2-11(19)14(20)21-15(6)22-5-9(16(24)25)13(23)8-3-7(18)4-10(17)12(8)22/h2-5H,1H3,(H2,20,21)(H,24,25). The molecule has 0 aliphatic heterocycles. The van der Waals surface area contributed by atoms with Crippen LogP contribution in [0.4, 0.5) is 14.6 Å². The molecule has 0 saturated heterocycles. The summed E-state index contributed by atoms with van der Waals surface area (Å²) in [6, 6.07) is 2.97. The van der Waals surface area contributed by atoms with Gasteiger partial charge in [0.25, 0.3) is 0 Å². The van der Waals surface area contributed by atoms with Crippen LogP contribution in [0.3, 0.4) is 0 Å². The molecule has 3 N–H and O–H groups in total. The molecule has 0 amide bonds. The Kier molecular flexibility index (Phi) is 3.92. The molecule has 0 atom stereocenters. The first-order valence-electron chi connectivity index (χ1n) is 6.91. The second kappa shape index (κ2) is 5.82. The van der Waals surface area contributed by atoms with Crippen LogP contribution >= 0.6 is 11.6 Å². The molecule has 0 aliphatic rings. The Morgan fingerprint density at radius 1 is 1.32 bits per heavy atom. The van der Waals surface area contributed by atoms with Gasteiger partial charge in [0.2, 0.25) is 5.43 Å². The highest BCUT2D eigenvalue weighted by Crippen LogP contribution is 2.27. The van der Waals surface area contributed by atoms with Crippen LogP contribution in [-0.2, 0) is 0 Å². The number of anilines is 1. The molecule has 0 spiro atoms. The van der Waals surface area contributed by atoms with Crippen molar-refractivity contribution in [1.29, 1.82) is 0 Å². The Hall–Kier alpha value is -3.00. The van der Waals surface area contributed by atoms with Crippen LogP contribution in [0.15, 0.2) is 29.2 Å². The molecule has 2 aromatic heterocycles. The monoisotopic (exact) mass is 365 g/mol. The molecule has 0 fully saturated rings. The topological polar surface area (TPSA) is 98.2 Å². The number of aryl methyl sites for hydroxylation is 1. The maximum atomic E-state index is 13.7. The Morgan fingerprint density at radius 3 is 2.64 bits per heavy atom. The molecule has 2 heterocycles. The highest BCUT2D eigenvalue weighted by Gasteiger charge is 2.20. The first-order chi connectivity index (χ1) is 11.7. The molecule has 6 nitrogen and oxygen atoms in total.